The van der Waals surface area contributed by atoms with Crippen LogP contribution in [0.25, 0.3) is 0 Å². The maximum Gasteiger partial charge on any atom is 0.243 e. The lowest BCUT2D eigenvalue weighted by Crippen LogP contribution is -2.25. The normalized spacial score (nSPS) is 11.6. The quantitative estimate of drug-likeness (QED) is 0.713. The highest BCUT2D eigenvalue weighted by Gasteiger charge is 2.19. The summed E-state index contributed by atoms with van der Waals surface area (Å²) >= 11 is 5.66. The van der Waals surface area contributed by atoms with Crippen LogP contribution in [-0.2, 0) is 23.1 Å². The molecule has 0 aliphatic carbocycles. The van der Waals surface area contributed by atoms with Gasteiger partial charge in [-0.05, 0) is 29.3 Å². The second-order valence-corrected chi connectivity index (χ2v) is 7.43. The van der Waals surface area contributed by atoms with Crippen molar-refractivity contribution in [2.75, 3.05) is 0 Å². The van der Waals surface area contributed by atoms with E-state index in [1.807, 2.05) is 12.1 Å². The van der Waals surface area contributed by atoms with Crippen LogP contribution in [0.5, 0.6) is 0 Å². The van der Waals surface area contributed by atoms with Gasteiger partial charge in [0.25, 0.3) is 0 Å². The van der Waals surface area contributed by atoms with Gasteiger partial charge in [-0.25, -0.2) is 27.2 Å². The van der Waals surface area contributed by atoms with Crippen molar-refractivity contribution in [1.29, 1.82) is 0 Å². The van der Waals surface area contributed by atoms with E-state index < -0.39 is 20.7 Å². The minimum absolute atomic E-state index is 0.0231. The fraction of sp³-hybridized carbons (Fsp3) is 0.125. The molecule has 3 rings (SSSR count). The summed E-state index contributed by atoms with van der Waals surface area (Å²) in [6.45, 7) is 0.475. The van der Waals surface area contributed by atoms with Gasteiger partial charge in [0.05, 0.1) is 6.54 Å². The Balaban J connectivity index is 1.79. The molecule has 0 saturated heterocycles. The predicted octanol–water partition coefficient (Wildman–Crippen LogP) is 2.60. The van der Waals surface area contributed by atoms with Gasteiger partial charge < -0.3 is 0 Å². The Hall–Kier alpha value is -2.29. The second-order valence-electron chi connectivity index (χ2n) is 5.26. The molecule has 1 N–H and O–H groups in total. The number of benzene rings is 2. The van der Waals surface area contributed by atoms with E-state index in [0.717, 1.165) is 23.3 Å². The third-order valence-electron chi connectivity index (χ3n) is 3.55. The van der Waals surface area contributed by atoms with Crippen molar-refractivity contribution in [3.63, 3.8) is 0 Å². The van der Waals surface area contributed by atoms with Crippen LogP contribution in [0.1, 0.15) is 11.1 Å². The van der Waals surface area contributed by atoms with E-state index in [1.54, 1.807) is 23.1 Å². The largest absolute Gasteiger partial charge is 0.249 e. The van der Waals surface area contributed by atoms with Gasteiger partial charge in [0.1, 0.15) is 23.4 Å². The van der Waals surface area contributed by atoms with Gasteiger partial charge >= 0.3 is 0 Å². The van der Waals surface area contributed by atoms with Gasteiger partial charge in [-0.2, -0.15) is 5.10 Å². The summed E-state index contributed by atoms with van der Waals surface area (Å²) in [6.07, 6.45) is 3.00. The molecule has 25 heavy (non-hydrogen) atoms. The van der Waals surface area contributed by atoms with Crippen LogP contribution in [0.15, 0.2) is 60.0 Å². The van der Waals surface area contributed by atoms with E-state index >= 15 is 0 Å². The molecule has 0 bridgehead atoms. The molecule has 0 aliphatic rings. The Morgan fingerprint density at radius 3 is 2.60 bits per heavy atom. The number of hydrogen-bond donors (Lipinski definition) is 1. The molecule has 0 unspecified atom stereocenters. The molecule has 130 valence electrons. The van der Waals surface area contributed by atoms with Crippen LogP contribution < -0.4 is 4.72 Å². The van der Waals surface area contributed by atoms with Crippen molar-refractivity contribution in [2.24, 2.45) is 0 Å². The summed E-state index contributed by atoms with van der Waals surface area (Å²) in [4.78, 5) is 3.44. The lowest BCUT2D eigenvalue weighted by atomic mass is 10.1. The predicted molar refractivity (Wildman–Crippen MR) is 91.0 cm³/mol. The van der Waals surface area contributed by atoms with Gasteiger partial charge in [0.2, 0.25) is 10.0 Å². The third-order valence-corrected chi connectivity index (χ3v) is 5.22. The van der Waals surface area contributed by atoms with Crippen molar-refractivity contribution in [1.82, 2.24) is 19.5 Å². The van der Waals surface area contributed by atoms with Crippen LogP contribution >= 0.6 is 11.6 Å². The average Bonchev–Trinajstić information content (AvgIpc) is 3.07. The standard InChI is InChI=1S/C16H14ClFN4O2S/c17-14-5-6-16(15(18)7-14)25(23,24)21-8-12-3-1-2-4-13(12)9-22-11-19-10-20-22/h1-7,10-11,21H,8-9H2. The van der Waals surface area contributed by atoms with E-state index in [2.05, 4.69) is 14.8 Å². The van der Waals surface area contributed by atoms with Gasteiger partial charge in [0.15, 0.2) is 0 Å². The summed E-state index contributed by atoms with van der Waals surface area (Å²) in [7, 11) is -4.00. The molecule has 6 nitrogen and oxygen atoms in total. The monoisotopic (exact) mass is 380 g/mol. The number of nitrogens with one attached hydrogen (secondary N) is 1. The topological polar surface area (TPSA) is 76.9 Å². The molecular weight excluding hydrogens is 367 g/mol. The van der Waals surface area contributed by atoms with Crippen molar-refractivity contribution < 1.29 is 12.8 Å². The lowest BCUT2D eigenvalue weighted by molar-refractivity contribution is 0.556. The minimum Gasteiger partial charge on any atom is -0.249 e. The molecule has 0 radical (unpaired) electrons. The first kappa shape index (κ1) is 17.5. The van der Waals surface area contributed by atoms with E-state index in [9.17, 15) is 12.8 Å². The number of hydrogen-bond acceptors (Lipinski definition) is 4. The van der Waals surface area contributed by atoms with Crippen molar-refractivity contribution >= 4 is 21.6 Å². The SMILES string of the molecule is O=S(=O)(NCc1ccccc1Cn1cncn1)c1ccc(Cl)cc1F. The molecule has 9 heteroatoms. The van der Waals surface area contributed by atoms with Crippen molar-refractivity contribution in [3.8, 4) is 0 Å². The lowest BCUT2D eigenvalue weighted by Gasteiger charge is -2.12. The number of rotatable bonds is 6. The maximum absolute atomic E-state index is 13.9. The molecule has 0 aliphatic heterocycles. The zero-order chi connectivity index (χ0) is 17.9. The molecule has 3 aromatic rings. The summed E-state index contributed by atoms with van der Waals surface area (Å²) in [5.74, 6) is -0.893. The van der Waals surface area contributed by atoms with Gasteiger partial charge in [-0.3, -0.25) is 0 Å². The average molecular weight is 381 g/mol. The Labute approximate surface area is 149 Å². The zero-order valence-corrected chi connectivity index (χ0v) is 14.5. The van der Waals surface area contributed by atoms with Crippen LogP contribution in [0.2, 0.25) is 5.02 Å². The number of aromatic nitrogens is 3. The van der Waals surface area contributed by atoms with Gasteiger partial charge in [-0.1, -0.05) is 35.9 Å². The Morgan fingerprint density at radius 2 is 1.92 bits per heavy atom. The maximum atomic E-state index is 13.9. The smallest absolute Gasteiger partial charge is 0.243 e. The molecule has 0 fully saturated rings. The highest BCUT2D eigenvalue weighted by atomic mass is 35.5. The van der Waals surface area contributed by atoms with Crippen LogP contribution in [-0.4, -0.2) is 23.2 Å². The first-order valence-corrected chi connectivity index (χ1v) is 9.16. The summed E-state index contributed by atoms with van der Waals surface area (Å²) in [5, 5.41) is 4.17. The third kappa shape index (κ3) is 4.22. The molecule has 0 atom stereocenters. The first-order valence-electron chi connectivity index (χ1n) is 7.29. The summed E-state index contributed by atoms with van der Waals surface area (Å²) in [5.41, 5.74) is 1.64. The molecule has 0 saturated carbocycles. The van der Waals surface area contributed by atoms with Crippen LogP contribution in [0.3, 0.4) is 0 Å². The number of sulfonamides is 1. The first-order chi connectivity index (χ1) is 12.0. The summed E-state index contributed by atoms with van der Waals surface area (Å²) in [6, 6.07) is 10.8. The number of halogens is 2. The number of nitrogens with zero attached hydrogens (tertiary/aromatic N) is 3. The van der Waals surface area contributed by atoms with E-state index in [-0.39, 0.29) is 11.6 Å². The van der Waals surface area contributed by atoms with Crippen molar-refractivity contribution in [3.05, 3.63) is 77.1 Å². The highest BCUT2D eigenvalue weighted by Crippen LogP contribution is 2.19. The molecule has 0 spiro atoms. The van der Waals surface area contributed by atoms with Gasteiger partial charge in [-0.15, -0.1) is 0 Å². The Kier molecular flexibility index (Phi) is 5.12. The fourth-order valence-electron chi connectivity index (χ4n) is 2.32. The second kappa shape index (κ2) is 7.30. The van der Waals surface area contributed by atoms with Gasteiger partial charge in [0, 0.05) is 11.6 Å². The molecule has 0 amide bonds. The van der Waals surface area contributed by atoms with Crippen LogP contribution in [0.4, 0.5) is 4.39 Å². The summed E-state index contributed by atoms with van der Waals surface area (Å²) < 4.78 is 42.6. The minimum atomic E-state index is -4.00. The van der Waals surface area contributed by atoms with Crippen LogP contribution in [0, 0.1) is 5.82 Å². The van der Waals surface area contributed by atoms with Crippen molar-refractivity contribution in [2.45, 2.75) is 18.0 Å². The van der Waals surface area contributed by atoms with E-state index in [1.165, 1.54) is 12.4 Å². The molecular formula is C16H14ClFN4O2S. The van der Waals surface area contributed by atoms with E-state index in [0.29, 0.717) is 6.54 Å². The van der Waals surface area contributed by atoms with E-state index in [4.69, 9.17) is 11.6 Å². The molecule has 1 heterocycles. The molecule has 2 aromatic carbocycles. The highest BCUT2D eigenvalue weighted by molar-refractivity contribution is 7.89. The molecule has 1 aromatic heterocycles. The zero-order valence-electron chi connectivity index (χ0n) is 12.9. The fourth-order valence-corrected chi connectivity index (χ4v) is 3.54. The Bertz CT molecular complexity index is 978. The Morgan fingerprint density at radius 1 is 1.16 bits per heavy atom.